The Labute approximate surface area is 141 Å². The molecule has 7 nitrogen and oxygen atoms in total. The summed E-state index contributed by atoms with van der Waals surface area (Å²) in [4.78, 5) is 3.76. The summed E-state index contributed by atoms with van der Waals surface area (Å²) in [6.45, 7) is 3.24. The number of rotatable bonds is 4. The number of pyridine rings is 1. The highest BCUT2D eigenvalue weighted by Crippen LogP contribution is 2.37. The second kappa shape index (κ2) is 6.87. The lowest BCUT2D eigenvalue weighted by molar-refractivity contribution is -0.141. The van der Waals surface area contributed by atoms with E-state index in [1.54, 1.807) is 6.92 Å². The summed E-state index contributed by atoms with van der Waals surface area (Å²) in [6, 6.07) is -0.0451. The molecule has 0 aliphatic carbocycles. The van der Waals surface area contributed by atoms with E-state index in [9.17, 15) is 13.2 Å². The molecular weight excluding hydrogens is 339 g/mol. The third kappa shape index (κ3) is 3.39. The van der Waals surface area contributed by atoms with Crippen molar-refractivity contribution in [1.29, 1.82) is 0 Å². The number of hydrogen-bond donors (Lipinski definition) is 2. The van der Waals surface area contributed by atoms with Crippen molar-refractivity contribution < 1.29 is 23.1 Å². The van der Waals surface area contributed by atoms with E-state index in [1.807, 2.05) is 0 Å². The van der Waals surface area contributed by atoms with Gasteiger partial charge in [-0.05, 0) is 19.8 Å². The first kappa shape index (κ1) is 17.5. The monoisotopic (exact) mass is 357 g/mol. The van der Waals surface area contributed by atoms with Crippen LogP contribution in [0.2, 0.25) is 0 Å². The Hall–Kier alpha value is -2.36. The number of fused-ring (bicyclic) bond motifs is 1. The number of nitrogens with one attached hydrogen (secondary N) is 1. The maximum absolute atomic E-state index is 13.5. The Morgan fingerprint density at radius 1 is 1.44 bits per heavy atom. The van der Waals surface area contributed by atoms with Gasteiger partial charge in [0.15, 0.2) is 11.3 Å². The van der Waals surface area contributed by atoms with Crippen molar-refractivity contribution in [3.8, 4) is 0 Å². The highest BCUT2D eigenvalue weighted by molar-refractivity contribution is 6.01. The molecule has 0 spiro atoms. The van der Waals surface area contributed by atoms with Crippen LogP contribution < -0.4 is 5.32 Å². The number of alkyl halides is 3. The van der Waals surface area contributed by atoms with Crippen LogP contribution in [0, 0.1) is 0 Å². The van der Waals surface area contributed by atoms with Crippen LogP contribution in [0.5, 0.6) is 0 Å². The van der Waals surface area contributed by atoms with Crippen LogP contribution in [-0.4, -0.2) is 45.4 Å². The second-order valence-electron chi connectivity index (χ2n) is 5.72. The molecule has 3 rings (SSSR count). The van der Waals surface area contributed by atoms with Crippen LogP contribution in [0.4, 0.5) is 18.9 Å². The van der Waals surface area contributed by atoms with Crippen molar-refractivity contribution >= 4 is 22.9 Å². The van der Waals surface area contributed by atoms with Crippen molar-refractivity contribution in [2.24, 2.45) is 5.16 Å². The molecule has 0 saturated carbocycles. The summed E-state index contributed by atoms with van der Waals surface area (Å²) in [5, 5.41) is 19.4. The van der Waals surface area contributed by atoms with Crippen LogP contribution in [0.3, 0.4) is 0 Å². The van der Waals surface area contributed by atoms with E-state index < -0.39 is 11.9 Å². The number of oxime groups is 1. The second-order valence-corrected chi connectivity index (χ2v) is 5.72. The number of ether oxygens (including phenoxy) is 1. The third-order valence-electron chi connectivity index (χ3n) is 4.15. The van der Waals surface area contributed by atoms with Gasteiger partial charge in [0.2, 0.25) is 0 Å². The van der Waals surface area contributed by atoms with E-state index >= 15 is 0 Å². The van der Waals surface area contributed by atoms with Crippen LogP contribution in [0.1, 0.15) is 31.0 Å². The molecule has 2 N–H and O–H groups in total. The maximum Gasteiger partial charge on any atom is 0.434 e. The molecular formula is C15H18F3N5O2. The summed E-state index contributed by atoms with van der Waals surface area (Å²) in [5.41, 5.74) is -1.05. The Morgan fingerprint density at radius 2 is 2.16 bits per heavy atom. The lowest BCUT2D eigenvalue weighted by Gasteiger charge is -2.26. The first-order valence-electron chi connectivity index (χ1n) is 7.94. The van der Waals surface area contributed by atoms with Crippen molar-refractivity contribution in [2.75, 3.05) is 18.5 Å². The van der Waals surface area contributed by atoms with E-state index in [-0.39, 0.29) is 22.9 Å². The third-order valence-corrected chi connectivity index (χ3v) is 4.15. The average molecular weight is 357 g/mol. The van der Waals surface area contributed by atoms with E-state index in [0.717, 1.165) is 6.21 Å². The van der Waals surface area contributed by atoms with Crippen LogP contribution >= 0.6 is 0 Å². The number of hydrogen-bond acceptors (Lipinski definition) is 6. The highest BCUT2D eigenvalue weighted by Gasteiger charge is 2.38. The van der Waals surface area contributed by atoms with Gasteiger partial charge in [0, 0.05) is 25.8 Å². The summed E-state index contributed by atoms with van der Waals surface area (Å²) >= 11 is 0. The predicted molar refractivity (Wildman–Crippen MR) is 85.0 cm³/mol. The number of halogens is 3. The smallest absolute Gasteiger partial charge is 0.411 e. The molecule has 10 heteroatoms. The molecule has 0 amide bonds. The van der Waals surface area contributed by atoms with Crippen molar-refractivity contribution in [2.45, 2.75) is 38.5 Å². The van der Waals surface area contributed by atoms with Gasteiger partial charge >= 0.3 is 6.18 Å². The van der Waals surface area contributed by atoms with E-state index in [1.165, 1.54) is 10.9 Å². The molecule has 1 fully saturated rings. The zero-order valence-corrected chi connectivity index (χ0v) is 13.5. The number of anilines is 1. The molecule has 1 aliphatic heterocycles. The fourth-order valence-electron chi connectivity index (χ4n) is 2.94. The molecule has 2 aromatic heterocycles. The van der Waals surface area contributed by atoms with Gasteiger partial charge in [-0.15, -0.1) is 0 Å². The molecule has 136 valence electrons. The molecule has 0 unspecified atom stereocenters. The van der Waals surface area contributed by atoms with Crippen LogP contribution in [0.15, 0.2) is 11.4 Å². The Morgan fingerprint density at radius 3 is 2.76 bits per heavy atom. The Kier molecular flexibility index (Phi) is 4.80. The van der Waals surface area contributed by atoms with Crippen molar-refractivity contribution in [1.82, 2.24) is 14.8 Å². The molecule has 25 heavy (non-hydrogen) atoms. The minimum absolute atomic E-state index is 0.0451. The van der Waals surface area contributed by atoms with E-state index in [0.29, 0.717) is 38.0 Å². The SMILES string of the molecule is CCn1ncc2c(NC3CCOCC3)c(/C=N/O)c(C(F)(F)F)nc21. The Bertz CT molecular complexity index is 782. The minimum atomic E-state index is -4.69. The molecule has 0 aromatic carbocycles. The van der Waals surface area contributed by atoms with Crippen LogP contribution in [-0.2, 0) is 17.5 Å². The quantitative estimate of drug-likeness (QED) is 0.499. The van der Waals surface area contributed by atoms with Crippen molar-refractivity contribution in [3.63, 3.8) is 0 Å². The average Bonchev–Trinajstić information content (AvgIpc) is 2.99. The fraction of sp³-hybridized carbons (Fsp3) is 0.533. The largest absolute Gasteiger partial charge is 0.434 e. The number of nitrogens with zero attached hydrogens (tertiary/aromatic N) is 4. The zero-order chi connectivity index (χ0) is 18.0. The van der Waals surface area contributed by atoms with Gasteiger partial charge < -0.3 is 15.3 Å². The first-order valence-corrected chi connectivity index (χ1v) is 7.94. The first-order chi connectivity index (χ1) is 12.0. The highest BCUT2D eigenvalue weighted by atomic mass is 19.4. The predicted octanol–water partition coefficient (Wildman–Crippen LogP) is 2.87. The van der Waals surface area contributed by atoms with Gasteiger partial charge in [0.1, 0.15) is 0 Å². The molecule has 0 atom stereocenters. The zero-order valence-electron chi connectivity index (χ0n) is 13.5. The summed E-state index contributed by atoms with van der Waals surface area (Å²) < 4.78 is 47.2. The van der Waals surface area contributed by atoms with Gasteiger partial charge in [0.05, 0.1) is 29.0 Å². The lowest BCUT2D eigenvalue weighted by Crippen LogP contribution is -2.29. The molecule has 0 radical (unpaired) electrons. The normalized spacial score (nSPS) is 16.8. The Balaban J connectivity index is 2.21. The minimum Gasteiger partial charge on any atom is -0.411 e. The summed E-state index contributed by atoms with van der Waals surface area (Å²) in [5.74, 6) is 0. The summed E-state index contributed by atoms with van der Waals surface area (Å²) in [6.07, 6.45) is -1.12. The fourth-order valence-corrected chi connectivity index (χ4v) is 2.94. The lowest BCUT2D eigenvalue weighted by atomic mass is 10.0. The number of aromatic nitrogens is 3. The topological polar surface area (TPSA) is 84.6 Å². The maximum atomic E-state index is 13.5. The van der Waals surface area contributed by atoms with Gasteiger partial charge in [-0.2, -0.15) is 18.3 Å². The van der Waals surface area contributed by atoms with Gasteiger partial charge in [-0.3, -0.25) is 0 Å². The van der Waals surface area contributed by atoms with Crippen LogP contribution in [0.25, 0.3) is 11.0 Å². The number of aryl methyl sites for hydroxylation is 1. The molecule has 3 heterocycles. The standard InChI is InChI=1S/C15H18F3N5O2/c1-2-23-14-11(7-19-23)12(21-9-3-5-25-6-4-9)10(8-20-24)13(22-14)15(16,17)18/h7-9,24H,2-6H2,1H3,(H,21,22)/b20-8+. The van der Waals surface area contributed by atoms with E-state index in [2.05, 4.69) is 20.6 Å². The van der Waals surface area contributed by atoms with E-state index in [4.69, 9.17) is 9.94 Å². The van der Waals surface area contributed by atoms with Gasteiger partial charge in [-0.1, -0.05) is 5.16 Å². The molecule has 0 bridgehead atoms. The molecule has 2 aromatic rings. The van der Waals surface area contributed by atoms with Crippen molar-refractivity contribution in [3.05, 3.63) is 17.5 Å². The summed E-state index contributed by atoms with van der Waals surface area (Å²) in [7, 11) is 0. The van der Waals surface area contributed by atoms with Gasteiger partial charge in [-0.25, -0.2) is 9.67 Å². The molecule has 1 aliphatic rings. The molecule has 1 saturated heterocycles. The van der Waals surface area contributed by atoms with Gasteiger partial charge in [0.25, 0.3) is 0 Å².